The van der Waals surface area contributed by atoms with Gasteiger partial charge in [0.05, 0.1) is 26.0 Å². The van der Waals surface area contributed by atoms with E-state index in [1.807, 2.05) is 45.3 Å². The lowest BCUT2D eigenvalue weighted by molar-refractivity contribution is 0.355. The van der Waals surface area contributed by atoms with Crippen molar-refractivity contribution in [2.24, 2.45) is 7.05 Å². The van der Waals surface area contributed by atoms with Crippen LogP contribution in [-0.2, 0) is 7.05 Å². The first-order valence-electron chi connectivity index (χ1n) is 7.24. The van der Waals surface area contributed by atoms with Crippen molar-refractivity contribution in [1.82, 2.24) is 15.1 Å². The lowest BCUT2D eigenvalue weighted by Gasteiger charge is -2.17. The minimum atomic E-state index is 0.0591. The third-order valence-electron chi connectivity index (χ3n) is 3.51. The predicted octanol–water partition coefficient (Wildman–Crippen LogP) is 2.79. The van der Waals surface area contributed by atoms with Gasteiger partial charge in [0.2, 0.25) is 0 Å². The molecule has 7 heteroatoms. The number of benzene rings is 1. The molecule has 1 aromatic carbocycles. The molecule has 1 aromatic heterocycles. The number of hydrogen-bond acceptors (Lipinski definition) is 4. The number of aromatic nitrogens is 2. The van der Waals surface area contributed by atoms with Gasteiger partial charge >= 0.3 is 0 Å². The average molecular weight is 334 g/mol. The van der Waals surface area contributed by atoms with E-state index in [2.05, 4.69) is 15.7 Å². The minimum absolute atomic E-state index is 0.0591. The Labute approximate surface area is 141 Å². The second-order valence-electron chi connectivity index (χ2n) is 5.23. The van der Waals surface area contributed by atoms with E-state index in [1.165, 1.54) is 0 Å². The van der Waals surface area contributed by atoms with Crippen LogP contribution in [0.5, 0.6) is 11.5 Å². The van der Waals surface area contributed by atoms with Gasteiger partial charge in [0, 0.05) is 30.6 Å². The molecule has 0 amide bonds. The maximum absolute atomic E-state index is 5.38. The summed E-state index contributed by atoms with van der Waals surface area (Å²) in [5.41, 5.74) is 2.93. The summed E-state index contributed by atoms with van der Waals surface area (Å²) in [4.78, 5) is 0. The molecule has 6 nitrogen and oxygen atoms in total. The topological polar surface area (TPSA) is 60.3 Å². The average Bonchev–Trinajstić information content (AvgIpc) is 2.85. The van der Waals surface area contributed by atoms with Crippen LogP contribution in [0.3, 0.4) is 0 Å². The largest absolute Gasteiger partial charge is 0.493 e. The van der Waals surface area contributed by atoms with Gasteiger partial charge in [0.15, 0.2) is 16.6 Å². The number of methoxy groups -OCH3 is 2. The Bertz CT molecular complexity index is 699. The summed E-state index contributed by atoms with van der Waals surface area (Å²) in [5, 5.41) is 11.3. The highest BCUT2D eigenvalue weighted by atomic mass is 32.1. The third-order valence-corrected chi connectivity index (χ3v) is 3.73. The molecule has 0 radical (unpaired) electrons. The fourth-order valence-electron chi connectivity index (χ4n) is 2.40. The molecule has 23 heavy (non-hydrogen) atoms. The van der Waals surface area contributed by atoms with E-state index in [1.54, 1.807) is 18.9 Å². The van der Waals surface area contributed by atoms with Crippen LogP contribution in [0.1, 0.15) is 24.2 Å². The first kappa shape index (κ1) is 17.1. The van der Waals surface area contributed by atoms with Crippen molar-refractivity contribution in [3.05, 3.63) is 35.7 Å². The van der Waals surface area contributed by atoms with Crippen molar-refractivity contribution >= 4 is 23.0 Å². The second-order valence-corrected chi connectivity index (χ2v) is 5.64. The monoisotopic (exact) mass is 334 g/mol. The van der Waals surface area contributed by atoms with Gasteiger partial charge in [-0.25, -0.2) is 0 Å². The van der Waals surface area contributed by atoms with Gasteiger partial charge in [-0.3, -0.25) is 4.68 Å². The smallest absolute Gasteiger partial charge is 0.171 e. The molecule has 2 rings (SSSR count). The van der Waals surface area contributed by atoms with Crippen LogP contribution in [0.2, 0.25) is 0 Å². The quantitative estimate of drug-likeness (QED) is 0.820. The van der Waals surface area contributed by atoms with Crippen molar-refractivity contribution in [1.29, 1.82) is 0 Å². The molecule has 2 N–H and O–H groups in total. The van der Waals surface area contributed by atoms with Crippen LogP contribution in [0.25, 0.3) is 0 Å². The normalized spacial score (nSPS) is 11.7. The number of nitrogens with one attached hydrogen (secondary N) is 2. The van der Waals surface area contributed by atoms with E-state index in [9.17, 15) is 0 Å². The van der Waals surface area contributed by atoms with Gasteiger partial charge in [0.25, 0.3) is 0 Å². The number of aryl methyl sites for hydroxylation is 2. The molecule has 0 fully saturated rings. The van der Waals surface area contributed by atoms with Crippen molar-refractivity contribution < 1.29 is 9.47 Å². The summed E-state index contributed by atoms with van der Waals surface area (Å²) in [5.74, 6) is 1.33. The molecular formula is C16H22N4O2S. The molecule has 0 saturated heterocycles. The van der Waals surface area contributed by atoms with Gasteiger partial charge in [-0.2, -0.15) is 5.10 Å². The lowest BCUT2D eigenvalue weighted by atomic mass is 10.1. The molecular weight excluding hydrogens is 312 g/mol. The van der Waals surface area contributed by atoms with Crippen molar-refractivity contribution in [2.75, 3.05) is 19.5 Å². The van der Waals surface area contributed by atoms with Gasteiger partial charge in [-0.05, 0) is 38.2 Å². The van der Waals surface area contributed by atoms with Gasteiger partial charge in [-0.15, -0.1) is 0 Å². The number of rotatable bonds is 5. The van der Waals surface area contributed by atoms with Crippen LogP contribution in [0, 0.1) is 6.92 Å². The molecule has 0 aliphatic rings. The van der Waals surface area contributed by atoms with E-state index >= 15 is 0 Å². The maximum Gasteiger partial charge on any atom is 0.171 e. The summed E-state index contributed by atoms with van der Waals surface area (Å²) in [7, 11) is 5.12. The zero-order valence-electron chi connectivity index (χ0n) is 14.0. The highest BCUT2D eigenvalue weighted by Crippen LogP contribution is 2.29. The Morgan fingerprint density at radius 3 is 2.52 bits per heavy atom. The summed E-state index contributed by atoms with van der Waals surface area (Å²) >= 11 is 5.38. The Kier molecular flexibility index (Phi) is 5.44. The molecule has 0 aliphatic carbocycles. The van der Waals surface area contributed by atoms with Crippen molar-refractivity contribution in [3.8, 4) is 11.5 Å². The molecule has 1 unspecified atom stereocenters. The SMILES string of the molecule is COc1ccc(NC(=S)NC(C)c2cn(C)nc2C)cc1OC. The number of thiocarbonyl (C=S) groups is 1. The maximum atomic E-state index is 5.38. The Balaban J connectivity index is 2.03. The molecule has 0 spiro atoms. The number of nitrogens with zero attached hydrogens (tertiary/aromatic N) is 2. The van der Waals surface area contributed by atoms with Crippen molar-refractivity contribution in [2.45, 2.75) is 19.9 Å². The van der Waals surface area contributed by atoms with Crippen molar-refractivity contribution in [3.63, 3.8) is 0 Å². The number of ether oxygens (including phenoxy) is 2. The van der Waals surface area contributed by atoms with Gasteiger partial charge in [0.1, 0.15) is 0 Å². The number of hydrogen-bond donors (Lipinski definition) is 2. The van der Waals surface area contributed by atoms with Crippen LogP contribution >= 0.6 is 12.2 Å². The highest BCUT2D eigenvalue weighted by molar-refractivity contribution is 7.80. The van der Waals surface area contributed by atoms with E-state index in [0.717, 1.165) is 16.9 Å². The second kappa shape index (κ2) is 7.32. The summed E-state index contributed by atoms with van der Waals surface area (Å²) < 4.78 is 12.3. The third kappa shape index (κ3) is 4.13. The van der Waals surface area contributed by atoms with E-state index in [4.69, 9.17) is 21.7 Å². The van der Waals surface area contributed by atoms with Crippen LogP contribution in [-0.4, -0.2) is 29.1 Å². The lowest BCUT2D eigenvalue weighted by Crippen LogP contribution is -2.31. The molecule has 0 aliphatic heterocycles. The first-order valence-corrected chi connectivity index (χ1v) is 7.65. The fourth-order valence-corrected chi connectivity index (χ4v) is 2.69. The summed E-state index contributed by atoms with van der Waals surface area (Å²) in [6, 6.07) is 5.62. The van der Waals surface area contributed by atoms with E-state index in [-0.39, 0.29) is 6.04 Å². The van der Waals surface area contributed by atoms with Gasteiger partial charge in [-0.1, -0.05) is 0 Å². The van der Waals surface area contributed by atoms with E-state index < -0.39 is 0 Å². The molecule has 124 valence electrons. The Morgan fingerprint density at radius 2 is 1.96 bits per heavy atom. The molecule has 0 bridgehead atoms. The Morgan fingerprint density at radius 1 is 1.26 bits per heavy atom. The zero-order valence-corrected chi connectivity index (χ0v) is 14.8. The van der Waals surface area contributed by atoms with E-state index in [0.29, 0.717) is 16.6 Å². The summed E-state index contributed by atoms with van der Waals surface area (Å²) in [6.45, 7) is 4.03. The molecule has 0 saturated carbocycles. The molecule has 1 atom stereocenters. The van der Waals surface area contributed by atoms with Crippen LogP contribution in [0.15, 0.2) is 24.4 Å². The minimum Gasteiger partial charge on any atom is -0.493 e. The standard InChI is InChI=1S/C16H22N4O2S/c1-10(13-9-20(3)19-11(13)2)17-16(23)18-12-6-7-14(21-4)15(8-12)22-5/h6-10H,1-5H3,(H2,17,18,23). The van der Waals surface area contributed by atoms with Crippen LogP contribution in [0.4, 0.5) is 5.69 Å². The first-order chi connectivity index (χ1) is 10.9. The Hall–Kier alpha value is -2.28. The highest BCUT2D eigenvalue weighted by Gasteiger charge is 2.13. The summed E-state index contributed by atoms with van der Waals surface area (Å²) in [6.07, 6.45) is 1.99. The van der Waals surface area contributed by atoms with Crippen LogP contribution < -0.4 is 20.1 Å². The molecule has 1 heterocycles. The fraction of sp³-hybridized carbons (Fsp3) is 0.375. The molecule has 2 aromatic rings. The number of anilines is 1. The van der Waals surface area contributed by atoms with Gasteiger partial charge < -0.3 is 20.1 Å². The zero-order chi connectivity index (χ0) is 17.0. The predicted molar refractivity (Wildman–Crippen MR) is 95.3 cm³/mol.